The molecule has 0 fully saturated rings. The minimum atomic E-state index is -1.18. The van der Waals surface area contributed by atoms with Gasteiger partial charge in [-0.05, 0) is 29.8 Å². The number of hydrogen-bond donors (Lipinski definition) is 0. The summed E-state index contributed by atoms with van der Waals surface area (Å²) in [6.07, 6.45) is 0. The van der Waals surface area contributed by atoms with E-state index in [0.717, 1.165) is 16.6 Å². The second kappa shape index (κ2) is 5.38. The summed E-state index contributed by atoms with van der Waals surface area (Å²) in [5, 5.41) is 1.28. The molecule has 2 aromatic carbocycles. The summed E-state index contributed by atoms with van der Waals surface area (Å²) < 4.78 is 14.4. The molecule has 3 nitrogen and oxygen atoms in total. The lowest BCUT2D eigenvalue weighted by atomic mass is 10.2. The van der Waals surface area contributed by atoms with Crippen LogP contribution >= 0.6 is 11.6 Å². The predicted molar refractivity (Wildman–Crippen MR) is 82.3 cm³/mol. The average molecular weight is 305 g/mol. The third kappa shape index (κ3) is 2.49. The highest BCUT2D eigenvalue weighted by atomic mass is 35.5. The van der Waals surface area contributed by atoms with E-state index in [9.17, 15) is 4.21 Å². The van der Waals surface area contributed by atoms with E-state index in [1.807, 2.05) is 60.1 Å². The van der Waals surface area contributed by atoms with E-state index >= 15 is 0 Å². The molecule has 0 aliphatic carbocycles. The number of fused-ring (bicyclic) bond motifs is 1. The molecule has 0 amide bonds. The number of aromatic nitrogens is 2. The Balaban J connectivity index is 1.92. The maximum atomic E-state index is 12.5. The van der Waals surface area contributed by atoms with Gasteiger partial charge in [-0.1, -0.05) is 35.9 Å². The quantitative estimate of drug-likeness (QED) is 0.742. The van der Waals surface area contributed by atoms with Crippen LogP contribution < -0.4 is 0 Å². The van der Waals surface area contributed by atoms with Crippen molar-refractivity contribution in [2.24, 2.45) is 7.05 Å². The molecule has 102 valence electrons. The van der Waals surface area contributed by atoms with Crippen molar-refractivity contribution >= 4 is 33.4 Å². The van der Waals surface area contributed by atoms with Gasteiger partial charge < -0.3 is 4.57 Å². The van der Waals surface area contributed by atoms with Crippen molar-refractivity contribution < 1.29 is 4.21 Å². The van der Waals surface area contributed by atoms with E-state index in [0.29, 0.717) is 15.9 Å². The summed E-state index contributed by atoms with van der Waals surface area (Å²) in [5.41, 5.74) is 2.85. The molecular weight excluding hydrogens is 292 g/mol. The van der Waals surface area contributed by atoms with Gasteiger partial charge in [0.05, 0.1) is 27.6 Å². The van der Waals surface area contributed by atoms with Crippen molar-refractivity contribution in [1.82, 2.24) is 9.55 Å². The molecule has 3 rings (SSSR count). The molecule has 0 N–H and O–H groups in total. The molecule has 0 spiro atoms. The van der Waals surface area contributed by atoms with E-state index in [4.69, 9.17) is 11.6 Å². The highest BCUT2D eigenvalue weighted by Crippen LogP contribution is 2.19. The summed E-state index contributed by atoms with van der Waals surface area (Å²) >= 11 is 5.85. The highest BCUT2D eigenvalue weighted by Gasteiger charge is 2.14. The lowest BCUT2D eigenvalue weighted by Crippen LogP contribution is -2.04. The van der Waals surface area contributed by atoms with Crippen molar-refractivity contribution in [2.75, 3.05) is 0 Å². The van der Waals surface area contributed by atoms with Crippen LogP contribution in [0.2, 0.25) is 5.02 Å². The minimum absolute atomic E-state index is 0.439. The van der Waals surface area contributed by atoms with Crippen LogP contribution in [-0.4, -0.2) is 13.8 Å². The van der Waals surface area contributed by atoms with Crippen LogP contribution in [0, 0.1) is 0 Å². The molecule has 1 atom stereocenters. The Bertz CT molecular complexity index is 780. The normalized spacial score (nSPS) is 12.7. The Hall–Kier alpha value is -1.65. The summed E-state index contributed by atoms with van der Waals surface area (Å²) in [6, 6.07) is 15.2. The van der Waals surface area contributed by atoms with E-state index in [1.165, 1.54) is 0 Å². The third-order valence-corrected chi connectivity index (χ3v) is 4.78. The predicted octanol–water partition coefficient (Wildman–Crippen LogP) is 3.53. The maximum absolute atomic E-state index is 12.5. The molecule has 1 heterocycles. The van der Waals surface area contributed by atoms with Crippen LogP contribution in [0.15, 0.2) is 53.7 Å². The van der Waals surface area contributed by atoms with Crippen LogP contribution in [0.3, 0.4) is 0 Å². The van der Waals surface area contributed by atoms with Gasteiger partial charge in [0.25, 0.3) is 0 Å². The molecule has 0 saturated heterocycles. The average Bonchev–Trinajstić information content (AvgIpc) is 2.79. The summed E-state index contributed by atoms with van der Waals surface area (Å²) in [7, 11) is 0.717. The maximum Gasteiger partial charge on any atom is 0.200 e. The van der Waals surface area contributed by atoms with Gasteiger partial charge in [0.1, 0.15) is 0 Å². The van der Waals surface area contributed by atoms with E-state index in [1.54, 1.807) is 0 Å². The second-order valence-electron chi connectivity index (χ2n) is 4.56. The van der Waals surface area contributed by atoms with Crippen LogP contribution in [0.4, 0.5) is 0 Å². The first-order valence-electron chi connectivity index (χ1n) is 6.19. The first-order valence-corrected chi connectivity index (χ1v) is 7.89. The van der Waals surface area contributed by atoms with E-state index in [-0.39, 0.29) is 0 Å². The lowest BCUT2D eigenvalue weighted by molar-refractivity contribution is 0.667. The van der Waals surface area contributed by atoms with Gasteiger partial charge in [-0.25, -0.2) is 4.98 Å². The Kier molecular flexibility index (Phi) is 3.59. The molecular formula is C15H13ClN2OS. The zero-order valence-corrected chi connectivity index (χ0v) is 12.5. The van der Waals surface area contributed by atoms with Crippen molar-refractivity contribution in [3.8, 4) is 0 Å². The fourth-order valence-corrected chi connectivity index (χ4v) is 3.48. The largest absolute Gasteiger partial charge is 0.320 e. The van der Waals surface area contributed by atoms with Gasteiger partial charge in [-0.3, -0.25) is 4.21 Å². The molecule has 3 aromatic rings. The molecule has 20 heavy (non-hydrogen) atoms. The van der Waals surface area contributed by atoms with Crippen LogP contribution in [-0.2, 0) is 23.6 Å². The summed E-state index contributed by atoms with van der Waals surface area (Å²) in [4.78, 5) is 4.46. The fraction of sp³-hybridized carbons (Fsp3) is 0.133. The highest BCUT2D eigenvalue weighted by molar-refractivity contribution is 7.84. The molecule has 0 aliphatic heterocycles. The van der Waals surface area contributed by atoms with Crippen molar-refractivity contribution in [2.45, 2.75) is 10.9 Å². The number of rotatable bonds is 3. The minimum Gasteiger partial charge on any atom is -0.320 e. The smallest absolute Gasteiger partial charge is 0.200 e. The Labute approximate surface area is 124 Å². The number of halogens is 1. The summed E-state index contributed by atoms with van der Waals surface area (Å²) in [6.45, 7) is 0. The number of benzene rings is 2. The summed E-state index contributed by atoms with van der Waals surface area (Å²) in [5.74, 6) is 0.439. The van der Waals surface area contributed by atoms with E-state index < -0.39 is 10.8 Å². The Morgan fingerprint density at radius 3 is 2.55 bits per heavy atom. The standard InChI is InChI=1S/C15H13ClN2OS/c1-18-14-5-3-2-4-13(14)17-15(18)20(19)10-11-6-8-12(16)9-7-11/h2-9H,10H2,1H3. The van der Waals surface area contributed by atoms with Gasteiger partial charge in [-0.2, -0.15) is 0 Å². The zero-order chi connectivity index (χ0) is 14.1. The van der Waals surface area contributed by atoms with Gasteiger partial charge in [0.2, 0.25) is 0 Å². The SMILES string of the molecule is Cn1c(S(=O)Cc2ccc(Cl)cc2)nc2ccccc21. The molecule has 5 heteroatoms. The number of nitrogens with zero attached hydrogens (tertiary/aromatic N) is 2. The van der Waals surface area contributed by atoms with Gasteiger partial charge >= 0.3 is 0 Å². The van der Waals surface area contributed by atoms with Crippen LogP contribution in [0.5, 0.6) is 0 Å². The topological polar surface area (TPSA) is 34.9 Å². The fourth-order valence-electron chi connectivity index (χ4n) is 2.12. The van der Waals surface area contributed by atoms with E-state index in [2.05, 4.69) is 4.98 Å². The molecule has 0 aliphatic rings. The number of imidazole rings is 1. The second-order valence-corrected chi connectivity index (χ2v) is 6.34. The van der Waals surface area contributed by atoms with Crippen molar-refractivity contribution in [1.29, 1.82) is 0 Å². The van der Waals surface area contributed by atoms with Crippen LogP contribution in [0.25, 0.3) is 11.0 Å². The Morgan fingerprint density at radius 1 is 1.15 bits per heavy atom. The van der Waals surface area contributed by atoms with Crippen molar-refractivity contribution in [3.63, 3.8) is 0 Å². The first-order chi connectivity index (χ1) is 9.65. The van der Waals surface area contributed by atoms with Gasteiger partial charge in [0.15, 0.2) is 5.16 Å². The molecule has 1 unspecified atom stereocenters. The van der Waals surface area contributed by atoms with Crippen LogP contribution in [0.1, 0.15) is 5.56 Å². The zero-order valence-electron chi connectivity index (χ0n) is 10.9. The first kappa shape index (κ1) is 13.3. The number of hydrogen-bond acceptors (Lipinski definition) is 2. The molecule has 0 saturated carbocycles. The third-order valence-electron chi connectivity index (χ3n) is 3.16. The van der Waals surface area contributed by atoms with Gasteiger partial charge in [-0.15, -0.1) is 0 Å². The van der Waals surface area contributed by atoms with Crippen molar-refractivity contribution in [3.05, 3.63) is 59.1 Å². The molecule has 1 aromatic heterocycles. The monoisotopic (exact) mass is 304 g/mol. The molecule has 0 radical (unpaired) electrons. The lowest BCUT2D eigenvalue weighted by Gasteiger charge is -2.03. The Morgan fingerprint density at radius 2 is 1.85 bits per heavy atom. The van der Waals surface area contributed by atoms with Gasteiger partial charge in [0, 0.05) is 12.1 Å². The number of aryl methyl sites for hydroxylation is 1. The molecule has 0 bridgehead atoms. The number of para-hydroxylation sites is 2.